The predicted molar refractivity (Wildman–Crippen MR) is 97.3 cm³/mol. The molecular weight excluding hydrogens is 336 g/mol. The number of phenols is 1. The molecule has 1 heterocycles. The number of amides is 2. The molecule has 0 aliphatic carbocycles. The van der Waals surface area contributed by atoms with Gasteiger partial charge in [-0.2, -0.15) is 0 Å². The lowest BCUT2D eigenvalue weighted by Crippen LogP contribution is -2.42. The van der Waals surface area contributed by atoms with Crippen LogP contribution >= 0.6 is 0 Å². The van der Waals surface area contributed by atoms with Gasteiger partial charge in [-0.15, -0.1) is 0 Å². The van der Waals surface area contributed by atoms with Crippen molar-refractivity contribution in [3.05, 3.63) is 23.8 Å². The van der Waals surface area contributed by atoms with E-state index in [1.165, 1.54) is 19.2 Å². The van der Waals surface area contributed by atoms with Crippen molar-refractivity contribution in [3.63, 3.8) is 0 Å². The summed E-state index contributed by atoms with van der Waals surface area (Å²) >= 11 is 0. The zero-order valence-corrected chi connectivity index (χ0v) is 16.1. The molecule has 1 saturated heterocycles. The smallest absolute Gasteiger partial charge is 0.410 e. The van der Waals surface area contributed by atoms with E-state index in [0.29, 0.717) is 30.8 Å². The van der Waals surface area contributed by atoms with Crippen molar-refractivity contribution >= 4 is 12.0 Å². The van der Waals surface area contributed by atoms with Crippen molar-refractivity contribution < 1.29 is 24.2 Å². The lowest BCUT2D eigenvalue weighted by Gasteiger charge is -2.28. The van der Waals surface area contributed by atoms with E-state index >= 15 is 0 Å². The molecule has 1 atom stereocenters. The van der Waals surface area contributed by atoms with Gasteiger partial charge in [-0.1, -0.05) is 0 Å². The highest BCUT2D eigenvalue weighted by Gasteiger charge is 2.33. The summed E-state index contributed by atoms with van der Waals surface area (Å²) in [6.07, 6.45) is 0.463. The van der Waals surface area contributed by atoms with Crippen molar-refractivity contribution in [2.45, 2.75) is 45.3 Å². The molecule has 1 aliphatic heterocycles. The molecular formula is C19H28N2O5. The van der Waals surface area contributed by atoms with Gasteiger partial charge >= 0.3 is 6.09 Å². The van der Waals surface area contributed by atoms with Crippen LogP contribution in [0.5, 0.6) is 11.5 Å². The first-order valence-corrected chi connectivity index (χ1v) is 8.70. The fourth-order valence-electron chi connectivity index (χ4n) is 2.95. The number of likely N-dealkylation sites (N-methyl/N-ethyl adjacent to an activating group) is 1. The van der Waals surface area contributed by atoms with E-state index in [1.54, 1.807) is 22.9 Å². The van der Waals surface area contributed by atoms with Crippen LogP contribution in [-0.2, 0) is 16.0 Å². The van der Waals surface area contributed by atoms with E-state index in [-0.39, 0.29) is 30.2 Å². The number of carbonyl (C=O) groups excluding carboxylic acids is 2. The summed E-state index contributed by atoms with van der Waals surface area (Å²) in [6, 6.07) is 4.63. The molecule has 2 rings (SSSR count). The quantitative estimate of drug-likeness (QED) is 0.888. The largest absolute Gasteiger partial charge is 0.508 e. The van der Waals surface area contributed by atoms with Crippen LogP contribution in [0.15, 0.2) is 18.2 Å². The molecule has 0 bridgehead atoms. The van der Waals surface area contributed by atoms with Crippen LogP contribution in [0.1, 0.15) is 32.8 Å². The zero-order valence-electron chi connectivity index (χ0n) is 16.1. The standard InChI is InChI=1S/C19H28N2O5/c1-19(2,3)26-18(24)20(4)14-8-9-21(12-14)17(23)11-13-10-15(22)6-7-16(13)25-5/h6-7,10,14,22H,8-9,11-12H2,1-5H3. The monoisotopic (exact) mass is 364 g/mol. The van der Waals surface area contributed by atoms with E-state index < -0.39 is 5.60 Å². The molecule has 144 valence electrons. The molecule has 0 radical (unpaired) electrons. The average Bonchev–Trinajstić information content (AvgIpc) is 3.02. The highest BCUT2D eigenvalue weighted by Crippen LogP contribution is 2.25. The number of phenolic OH excluding ortho intramolecular Hbond substituents is 1. The molecule has 1 aromatic carbocycles. The third-order valence-corrected chi connectivity index (χ3v) is 4.35. The van der Waals surface area contributed by atoms with E-state index in [2.05, 4.69) is 0 Å². The van der Waals surface area contributed by atoms with Gasteiger partial charge in [-0.05, 0) is 45.4 Å². The molecule has 1 N–H and O–H groups in total. The second-order valence-corrected chi connectivity index (χ2v) is 7.55. The summed E-state index contributed by atoms with van der Waals surface area (Å²) in [7, 11) is 3.23. The number of aromatic hydroxyl groups is 1. The number of ether oxygens (including phenoxy) is 2. The van der Waals surface area contributed by atoms with Gasteiger partial charge in [0.25, 0.3) is 0 Å². The number of likely N-dealkylation sites (tertiary alicyclic amines) is 1. The lowest BCUT2D eigenvalue weighted by molar-refractivity contribution is -0.129. The first-order chi connectivity index (χ1) is 12.1. The summed E-state index contributed by atoms with van der Waals surface area (Å²) in [4.78, 5) is 28.1. The molecule has 26 heavy (non-hydrogen) atoms. The van der Waals surface area contributed by atoms with E-state index in [1.807, 2.05) is 20.8 Å². The molecule has 0 spiro atoms. The molecule has 1 aliphatic rings. The third kappa shape index (κ3) is 5.03. The Hall–Kier alpha value is -2.44. The highest BCUT2D eigenvalue weighted by molar-refractivity contribution is 5.80. The van der Waals surface area contributed by atoms with Crippen molar-refractivity contribution in [2.24, 2.45) is 0 Å². The van der Waals surface area contributed by atoms with Gasteiger partial charge in [0, 0.05) is 25.7 Å². The normalized spacial score (nSPS) is 17.1. The second-order valence-electron chi connectivity index (χ2n) is 7.55. The Labute approximate surface area is 154 Å². The van der Waals surface area contributed by atoms with Crippen molar-refractivity contribution in [1.29, 1.82) is 0 Å². The average molecular weight is 364 g/mol. The van der Waals surface area contributed by atoms with Gasteiger partial charge in [-0.3, -0.25) is 4.79 Å². The number of nitrogens with zero attached hydrogens (tertiary/aromatic N) is 2. The fourth-order valence-corrected chi connectivity index (χ4v) is 2.95. The van der Waals surface area contributed by atoms with Crippen molar-refractivity contribution in [2.75, 3.05) is 27.2 Å². The van der Waals surface area contributed by atoms with Crippen LogP contribution in [0.2, 0.25) is 0 Å². The van der Waals surface area contributed by atoms with E-state index in [4.69, 9.17) is 9.47 Å². The fraction of sp³-hybridized carbons (Fsp3) is 0.579. The third-order valence-electron chi connectivity index (χ3n) is 4.35. The molecule has 2 amide bonds. The van der Waals surface area contributed by atoms with Crippen molar-refractivity contribution in [1.82, 2.24) is 9.80 Å². The van der Waals surface area contributed by atoms with Crippen LogP contribution in [0, 0.1) is 0 Å². The van der Waals surface area contributed by atoms with Crippen LogP contribution in [0.25, 0.3) is 0 Å². The summed E-state index contributed by atoms with van der Waals surface area (Å²) in [5.41, 5.74) is 0.0899. The van der Waals surface area contributed by atoms with Crippen LogP contribution in [0.4, 0.5) is 4.79 Å². The topological polar surface area (TPSA) is 79.3 Å². The maximum absolute atomic E-state index is 12.6. The molecule has 1 aromatic rings. The minimum absolute atomic E-state index is 0.0611. The van der Waals surface area contributed by atoms with Gasteiger partial charge in [0.1, 0.15) is 17.1 Å². The molecule has 1 unspecified atom stereocenters. The Morgan fingerprint density at radius 1 is 1.35 bits per heavy atom. The maximum atomic E-state index is 12.6. The summed E-state index contributed by atoms with van der Waals surface area (Å²) in [5, 5.41) is 9.64. The maximum Gasteiger partial charge on any atom is 0.410 e. The number of carbonyl (C=O) groups is 2. The second kappa shape index (κ2) is 7.85. The SMILES string of the molecule is COc1ccc(O)cc1CC(=O)N1CCC(N(C)C(=O)OC(C)(C)C)C1. The first kappa shape index (κ1) is 19.9. The van der Waals surface area contributed by atoms with Gasteiger partial charge in [-0.25, -0.2) is 4.79 Å². The molecule has 1 fully saturated rings. The number of hydrogen-bond acceptors (Lipinski definition) is 5. The van der Waals surface area contributed by atoms with Crippen molar-refractivity contribution in [3.8, 4) is 11.5 Å². The summed E-state index contributed by atoms with van der Waals surface area (Å²) < 4.78 is 10.6. The number of benzene rings is 1. The minimum Gasteiger partial charge on any atom is -0.508 e. The first-order valence-electron chi connectivity index (χ1n) is 8.70. The van der Waals surface area contributed by atoms with Gasteiger partial charge < -0.3 is 24.4 Å². The Bertz CT molecular complexity index is 668. The minimum atomic E-state index is -0.550. The van der Waals surface area contributed by atoms with Crippen LogP contribution in [0.3, 0.4) is 0 Å². The number of methoxy groups -OCH3 is 1. The van der Waals surface area contributed by atoms with Crippen LogP contribution < -0.4 is 4.74 Å². The van der Waals surface area contributed by atoms with Crippen LogP contribution in [-0.4, -0.2) is 65.8 Å². The van der Waals surface area contributed by atoms with E-state index in [0.717, 1.165) is 0 Å². The molecule has 0 saturated carbocycles. The number of rotatable bonds is 4. The lowest BCUT2D eigenvalue weighted by atomic mass is 10.1. The Kier molecular flexibility index (Phi) is 6.00. The molecule has 7 nitrogen and oxygen atoms in total. The predicted octanol–water partition coefficient (Wildman–Crippen LogP) is 2.41. The molecule has 0 aromatic heterocycles. The molecule has 7 heteroatoms. The Morgan fingerprint density at radius 3 is 2.65 bits per heavy atom. The van der Waals surface area contributed by atoms with Gasteiger partial charge in [0.05, 0.1) is 19.6 Å². The van der Waals surface area contributed by atoms with E-state index in [9.17, 15) is 14.7 Å². The zero-order chi connectivity index (χ0) is 19.5. The van der Waals surface area contributed by atoms with Gasteiger partial charge in [0.15, 0.2) is 0 Å². The Morgan fingerprint density at radius 2 is 2.04 bits per heavy atom. The Balaban J connectivity index is 1.97. The summed E-state index contributed by atoms with van der Waals surface area (Å²) in [6.45, 7) is 6.52. The highest BCUT2D eigenvalue weighted by atomic mass is 16.6. The summed E-state index contributed by atoms with van der Waals surface area (Å²) in [5.74, 6) is 0.601. The van der Waals surface area contributed by atoms with Gasteiger partial charge in [0.2, 0.25) is 5.91 Å². The number of hydrogen-bond donors (Lipinski definition) is 1.